The van der Waals surface area contributed by atoms with Crippen LogP contribution in [0.3, 0.4) is 0 Å². The number of aromatic amines is 1. The van der Waals surface area contributed by atoms with Crippen molar-refractivity contribution in [2.45, 2.75) is 32.6 Å². The highest BCUT2D eigenvalue weighted by atomic mass is 16.1. The van der Waals surface area contributed by atoms with Crippen LogP contribution in [0, 0.1) is 5.41 Å². The Bertz CT molecular complexity index is 638. The van der Waals surface area contributed by atoms with E-state index in [-0.39, 0.29) is 11.3 Å². The van der Waals surface area contributed by atoms with Gasteiger partial charge < -0.3 is 16.0 Å². The molecule has 1 aliphatic carbocycles. The van der Waals surface area contributed by atoms with Gasteiger partial charge in [0, 0.05) is 23.1 Å². The van der Waals surface area contributed by atoms with Gasteiger partial charge in [-0.1, -0.05) is 19.8 Å². The zero-order valence-electron chi connectivity index (χ0n) is 11.8. The van der Waals surface area contributed by atoms with E-state index in [9.17, 15) is 4.79 Å². The van der Waals surface area contributed by atoms with Crippen molar-refractivity contribution in [1.29, 1.82) is 0 Å². The van der Waals surface area contributed by atoms with Crippen LogP contribution in [0.25, 0.3) is 10.9 Å². The zero-order valence-corrected chi connectivity index (χ0v) is 11.8. The van der Waals surface area contributed by atoms with Gasteiger partial charge >= 0.3 is 0 Å². The Morgan fingerprint density at radius 3 is 2.85 bits per heavy atom. The van der Waals surface area contributed by atoms with Crippen molar-refractivity contribution in [2.24, 2.45) is 5.41 Å². The van der Waals surface area contributed by atoms with Crippen LogP contribution in [0.2, 0.25) is 0 Å². The van der Waals surface area contributed by atoms with E-state index in [1.807, 2.05) is 24.3 Å². The first-order valence-electron chi connectivity index (χ1n) is 7.22. The second kappa shape index (κ2) is 4.85. The minimum absolute atomic E-state index is 0.0344. The molecule has 2 aromatic rings. The predicted octanol–water partition coefficient (Wildman–Crippen LogP) is 3.06. The van der Waals surface area contributed by atoms with Gasteiger partial charge in [-0.05, 0) is 42.5 Å². The molecule has 1 aromatic carbocycles. The maximum Gasteiger partial charge on any atom is 0.267 e. The van der Waals surface area contributed by atoms with Crippen LogP contribution < -0.4 is 11.1 Å². The second-order valence-corrected chi connectivity index (χ2v) is 6.23. The smallest absolute Gasteiger partial charge is 0.267 e. The summed E-state index contributed by atoms with van der Waals surface area (Å²) >= 11 is 0. The van der Waals surface area contributed by atoms with Crippen LogP contribution in [0.5, 0.6) is 0 Å². The third-order valence-corrected chi connectivity index (χ3v) is 4.38. The molecule has 0 radical (unpaired) electrons. The third-order valence-electron chi connectivity index (χ3n) is 4.38. The van der Waals surface area contributed by atoms with E-state index in [0.717, 1.165) is 17.4 Å². The molecule has 106 valence electrons. The molecule has 1 heterocycles. The van der Waals surface area contributed by atoms with E-state index >= 15 is 0 Å². The van der Waals surface area contributed by atoms with E-state index in [2.05, 4.69) is 17.2 Å². The van der Waals surface area contributed by atoms with E-state index in [0.29, 0.717) is 11.4 Å². The van der Waals surface area contributed by atoms with E-state index in [4.69, 9.17) is 5.73 Å². The monoisotopic (exact) mass is 271 g/mol. The van der Waals surface area contributed by atoms with E-state index < -0.39 is 0 Å². The summed E-state index contributed by atoms with van der Waals surface area (Å²) in [6, 6.07) is 7.47. The first-order chi connectivity index (χ1) is 9.56. The highest BCUT2D eigenvalue weighted by molar-refractivity contribution is 5.98. The molecule has 0 aliphatic heterocycles. The molecule has 1 saturated carbocycles. The summed E-state index contributed by atoms with van der Waals surface area (Å²) in [5, 5.41) is 4.03. The number of fused-ring (bicyclic) bond motifs is 1. The summed E-state index contributed by atoms with van der Waals surface area (Å²) in [7, 11) is 0. The Kier molecular flexibility index (Phi) is 3.16. The molecule has 3 rings (SSSR count). The molecule has 1 aliphatic rings. The molecule has 1 aromatic heterocycles. The normalized spacial score (nSPS) is 17.4. The molecule has 4 nitrogen and oxygen atoms in total. The number of aromatic nitrogens is 1. The predicted molar refractivity (Wildman–Crippen MR) is 81.6 cm³/mol. The van der Waals surface area contributed by atoms with Crippen molar-refractivity contribution >= 4 is 22.5 Å². The highest BCUT2D eigenvalue weighted by Crippen LogP contribution is 2.36. The lowest BCUT2D eigenvalue weighted by Crippen LogP contribution is -2.34. The Balaban J connectivity index is 1.72. The molecule has 1 amide bonds. The topological polar surface area (TPSA) is 70.9 Å². The number of amides is 1. The average Bonchev–Trinajstić information content (AvgIpc) is 3.02. The first-order valence-corrected chi connectivity index (χ1v) is 7.22. The molecular formula is C16H21N3O. The Labute approximate surface area is 118 Å². The number of carbonyl (C=O) groups is 1. The Morgan fingerprint density at radius 2 is 2.10 bits per heavy atom. The lowest BCUT2D eigenvalue weighted by molar-refractivity contribution is 0.0930. The van der Waals surface area contributed by atoms with Gasteiger partial charge in [0.15, 0.2) is 0 Å². The van der Waals surface area contributed by atoms with Gasteiger partial charge in [-0.3, -0.25) is 4.79 Å². The molecule has 20 heavy (non-hydrogen) atoms. The van der Waals surface area contributed by atoms with Crippen molar-refractivity contribution in [3.63, 3.8) is 0 Å². The summed E-state index contributed by atoms with van der Waals surface area (Å²) in [6.45, 7) is 3.01. The largest absolute Gasteiger partial charge is 0.399 e. The van der Waals surface area contributed by atoms with Gasteiger partial charge in [-0.15, -0.1) is 0 Å². The molecule has 0 spiro atoms. The number of benzene rings is 1. The van der Waals surface area contributed by atoms with Crippen molar-refractivity contribution in [3.8, 4) is 0 Å². The van der Waals surface area contributed by atoms with Crippen molar-refractivity contribution in [3.05, 3.63) is 30.0 Å². The van der Waals surface area contributed by atoms with Crippen molar-refractivity contribution in [1.82, 2.24) is 10.3 Å². The summed E-state index contributed by atoms with van der Waals surface area (Å²) < 4.78 is 0. The number of nitrogens with two attached hydrogens (primary N) is 1. The quantitative estimate of drug-likeness (QED) is 0.751. The molecule has 0 atom stereocenters. The summed E-state index contributed by atoms with van der Waals surface area (Å²) in [4.78, 5) is 15.4. The Morgan fingerprint density at radius 1 is 1.35 bits per heavy atom. The lowest BCUT2D eigenvalue weighted by atomic mass is 9.89. The van der Waals surface area contributed by atoms with Crippen LogP contribution >= 0.6 is 0 Å². The van der Waals surface area contributed by atoms with Gasteiger partial charge in [-0.2, -0.15) is 0 Å². The van der Waals surface area contributed by atoms with Gasteiger partial charge in [0.1, 0.15) is 5.69 Å². The summed E-state index contributed by atoms with van der Waals surface area (Å²) in [5.41, 5.74) is 8.28. The molecule has 4 heteroatoms. The van der Waals surface area contributed by atoms with Gasteiger partial charge in [0.05, 0.1) is 0 Å². The fourth-order valence-corrected chi connectivity index (χ4v) is 3.07. The number of anilines is 1. The molecular weight excluding hydrogens is 250 g/mol. The average molecular weight is 271 g/mol. The molecule has 1 fully saturated rings. The number of nitrogens with one attached hydrogen (secondary N) is 2. The van der Waals surface area contributed by atoms with Crippen LogP contribution in [0.1, 0.15) is 43.1 Å². The van der Waals surface area contributed by atoms with Crippen LogP contribution in [0.15, 0.2) is 24.3 Å². The minimum Gasteiger partial charge on any atom is -0.399 e. The standard InChI is InChI=1S/C16H21N3O/c1-16(6-2-3-7-16)10-18-15(20)14-9-11-8-12(17)4-5-13(11)19-14/h4-5,8-9,19H,2-3,6-7,10,17H2,1H3,(H,18,20). The maximum atomic E-state index is 12.2. The molecule has 0 bridgehead atoms. The minimum atomic E-state index is -0.0344. The highest BCUT2D eigenvalue weighted by Gasteiger charge is 2.29. The maximum absolute atomic E-state index is 12.2. The van der Waals surface area contributed by atoms with Gasteiger partial charge in [0.2, 0.25) is 0 Å². The first kappa shape index (κ1) is 13.0. The van der Waals surface area contributed by atoms with Crippen LogP contribution in [-0.2, 0) is 0 Å². The number of carbonyl (C=O) groups excluding carboxylic acids is 1. The summed E-state index contributed by atoms with van der Waals surface area (Å²) in [5.74, 6) is -0.0344. The van der Waals surface area contributed by atoms with E-state index in [1.165, 1.54) is 25.7 Å². The van der Waals surface area contributed by atoms with E-state index in [1.54, 1.807) is 0 Å². The SMILES string of the molecule is CC1(CNC(=O)c2cc3cc(N)ccc3[nH]2)CCCC1. The lowest BCUT2D eigenvalue weighted by Gasteiger charge is -2.23. The number of H-pyrrole nitrogens is 1. The zero-order chi connectivity index (χ0) is 14.2. The van der Waals surface area contributed by atoms with Crippen LogP contribution in [0.4, 0.5) is 5.69 Å². The van der Waals surface area contributed by atoms with Crippen molar-refractivity contribution in [2.75, 3.05) is 12.3 Å². The molecule has 0 unspecified atom stereocenters. The van der Waals surface area contributed by atoms with Crippen LogP contribution in [-0.4, -0.2) is 17.4 Å². The Hall–Kier alpha value is -1.97. The number of hydrogen-bond acceptors (Lipinski definition) is 2. The number of nitrogen functional groups attached to an aromatic ring is 1. The number of hydrogen-bond donors (Lipinski definition) is 3. The number of rotatable bonds is 3. The fourth-order valence-electron chi connectivity index (χ4n) is 3.07. The molecule has 4 N–H and O–H groups in total. The summed E-state index contributed by atoms with van der Waals surface area (Å²) in [6.07, 6.45) is 4.96. The fraction of sp³-hybridized carbons (Fsp3) is 0.438. The second-order valence-electron chi connectivity index (χ2n) is 6.23. The molecule has 0 saturated heterocycles. The van der Waals surface area contributed by atoms with Crippen molar-refractivity contribution < 1.29 is 4.79 Å². The third kappa shape index (κ3) is 2.50. The van der Waals surface area contributed by atoms with Gasteiger partial charge in [0.25, 0.3) is 5.91 Å². The van der Waals surface area contributed by atoms with Gasteiger partial charge in [-0.25, -0.2) is 0 Å².